The topological polar surface area (TPSA) is 69.4 Å². The molecule has 0 amide bonds. The molecule has 1 heterocycles. The Balaban J connectivity index is 1.74. The van der Waals surface area contributed by atoms with Crippen molar-refractivity contribution < 1.29 is 13.9 Å². The number of nitrogens with zero attached hydrogens (tertiary/aromatic N) is 2. The maximum absolute atomic E-state index is 5.51. The van der Waals surface area contributed by atoms with Gasteiger partial charge in [-0.3, -0.25) is 0 Å². The summed E-state index contributed by atoms with van der Waals surface area (Å²) in [5.74, 6) is 1.79. The van der Waals surface area contributed by atoms with E-state index in [4.69, 9.17) is 13.9 Å². The third-order valence-corrected chi connectivity index (χ3v) is 2.37. The first kappa shape index (κ1) is 13.5. The fourth-order valence-corrected chi connectivity index (χ4v) is 1.45. The summed E-state index contributed by atoms with van der Waals surface area (Å²) in [4.78, 5) is 0. The highest BCUT2D eigenvalue weighted by Gasteiger charge is 2.06. The molecule has 19 heavy (non-hydrogen) atoms. The lowest BCUT2D eigenvalue weighted by Crippen LogP contribution is -2.18. The number of aromatic nitrogens is 2. The molecular weight excluding hydrogens is 246 g/mol. The Labute approximate surface area is 111 Å². The van der Waals surface area contributed by atoms with Crippen LogP contribution in [0.1, 0.15) is 11.8 Å². The molecule has 102 valence electrons. The molecule has 0 atom stereocenters. The Morgan fingerprint density at radius 3 is 2.74 bits per heavy atom. The molecule has 0 fully saturated rings. The summed E-state index contributed by atoms with van der Waals surface area (Å²) >= 11 is 0. The van der Waals surface area contributed by atoms with Gasteiger partial charge in [0.25, 0.3) is 5.89 Å². The zero-order chi connectivity index (χ0) is 13.3. The van der Waals surface area contributed by atoms with E-state index in [2.05, 4.69) is 15.5 Å². The molecule has 2 rings (SSSR count). The first-order chi connectivity index (χ1) is 9.38. The van der Waals surface area contributed by atoms with E-state index < -0.39 is 0 Å². The number of benzene rings is 1. The molecule has 1 aromatic carbocycles. The quantitative estimate of drug-likeness (QED) is 0.726. The first-order valence-corrected chi connectivity index (χ1v) is 6.07. The van der Waals surface area contributed by atoms with Crippen LogP contribution in [-0.4, -0.2) is 30.5 Å². The second-order valence-electron chi connectivity index (χ2n) is 3.86. The third kappa shape index (κ3) is 4.69. The zero-order valence-electron chi connectivity index (χ0n) is 10.8. The number of rotatable bonds is 8. The van der Waals surface area contributed by atoms with E-state index >= 15 is 0 Å². The average molecular weight is 263 g/mol. The number of hydrogen-bond donors (Lipinski definition) is 1. The molecule has 0 bridgehead atoms. The van der Waals surface area contributed by atoms with E-state index in [1.165, 1.54) is 0 Å². The number of ether oxygens (including phenoxy) is 2. The van der Waals surface area contributed by atoms with Gasteiger partial charge in [0.1, 0.15) is 5.75 Å². The van der Waals surface area contributed by atoms with Gasteiger partial charge in [-0.15, -0.1) is 10.2 Å². The molecule has 0 spiro atoms. The zero-order valence-corrected chi connectivity index (χ0v) is 10.8. The summed E-state index contributed by atoms with van der Waals surface area (Å²) in [6.45, 7) is 2.20. The van der Waals surface area contributed by atoms with Crippen LogP contribution in [0.2, 0.25) is 0 Å². The summed E-state index contributed by atoms with van der Waals surface area (Å²) in [7, 11) is 1.66. The van der Waals surface area contributed by atoms with Crippen molar-refractivity contribution in [3.8, 4) is 5.75 Å². The van der Waals surface area contributed by atoms with Gasteiger partial charge in [-0.1, -0.05) is 18.2 Å². The van der Waals surface area contributed by atoms with Crippen LogP contribution < -0.4 is 10.1 Å². The minimum Gasteiger partial charge on any atom is -0.484 e. The summed E-state index contributed by atoms with van der Waals surface area (Å²) < 4.78 is 15.9. The van der Waals surface area contributed by atoms with Crippen LogP contribution >= 0.6 is 0 Å². The molecule has 0 radical (unpaired) electrons. The molecule has 0 unspecified atom stereocenters. The third-order valence-electron chi connectivity index (χ3n) is 2.37. The first-order valence-electron chi connectivity index (χ1n) is 6.07. The normalized spacial score (nSPS) is 10.6. The number of nitrogens with one attached hydrogen (secondary N) is 1. The Morgan fingerprint density at radius 2 is 1.95 bits per heavy atom. The average Bonchev–Trinajstić information content (AvgIpc) is 2.91. The Morgan fingerprint density at radius 1 is 1.16 bits per heavy atom. The van der Waals surface area contributed by atoms with E-state index in [9.17, 15) is 0 Å². The van der Waals surface area contributed by atoms with Crippen molar-refractivity contribution >= 4 is 0 Å². The van der Waals surface area contributed by atoms with E-state index in [-0.39, 0.29) is 6.61 Å². The second kappa shape index (κ2) is 7.50. The molecule has 1 N–H and O–H groups in total. The van der Waals surface area contributed by atoms with Crippen molar-refractivity contribution in [2.45, 2.75) is 13.2 Å². The predicted molar refractivity (Wildman–Crippen MR) is 68.7 cm³/mol. The van der Waals surface area contributed by atoms with E-state index in [0.717, 1.165) is 12.3 Å². The lowest BCUT2D eigenvalue weighted by atomic mass is 10.3. The SMILES string of the molecule is COCCNCc1nnc(COc2ccccc2)o1. The number of methoxy groups -OCH3 is 1. The van der Waals surface area contributed by atoms with Crippen LogP contribution in [0, 0.1) is 0 Å². The van der Waals surface area contributed by atoms with Crippen LogP contribution in [0.5, 0.6) is 5.75 Å². The van der Waals surface area contributed by atoms with Crippen molar-refractivity contribution in [3.05, 3.63) is 42.1 Å². The molecule has 0 aliphatic rings. The van der Waals surface area contributed by atoms with Gasteiger partial charge in [0, 0.05) is 13.7 Å². The lowest BCUT2D eigenvalue weighted by molar-refractivity contribution is 0.197. The predicted octanol–water partition coefficient (Wildman–Crippen LogP) is 1.38. The van der Waals surface area contributed by atoms with Gasteiger partial charge in [-0.05, 0) is 12.1 Å². The molecule has 0 saturated heterocycles. The highest BCUT2D eigenvalue weighted by atomic mass is 16.5. The Hall–Kier alpha value is -1.92. The van der Waals surface area contributed by atoms with Crippen molar-refractivity contribution in [2.75, 3.05) is 20.3 Å². The van der Waals surface area contributed by atoms with Crippen molar-refractivity contribution in [1.82, 2.24) is 15.5 Å². The smallest absolute Gasteiger partial charge is 0.253 e. The molecule has 6 nitrogen and oxygen atoms in total. The van der Waals surface area contributed by atoms with Crippen molar-refractivity contribution in [2.24, 2.45) is 0 Å². The maximum atomic E-state index is 5.51. The molecule has 0 saturated carbocycles. The number of hydrogen-bond acceptors (Lipinski definition) is 6. The van der Waals surface area contributed by atoms with Crippen LogP contribution in [0.3, 0.4) is 0 Å². The standard InChI is InChI=1S/C13H17N3O3/c1-17-8-7-14-9-12-15-16-13(19-12)10-18-11-5-3-2-4-6-11/h2-6,14H,7-10H2,1H3. The Bertz CT molecular complexity index is 473. The van der Waals surface area contributed by atoms with Gasteiger partial charge in [0.05, 0.1) is 13.2 Å². The van der Waals surface area contributed by atoms with Gasteiger partial charge in [0.15, 0.2) is 6.61 Å². The Kier molecular flexibility index (Phi) is 5.33. The van der Waals surface area contributed by atoms with Crippen molar-refractivity contribution in [1.29, 1.82) is 0 Å². The highest BCUT2D eigenvalue weighted by Crippen LogP contribution is 2.10. The van der Waals surface area contributed by atoms with Crippen LogP contribution in [0.4, 0.5) is 0 Å². The minimum absolute atomic E-state index is 0.273. The lowest BCUT2D eigenvalue weighted by Gasteiger charge is -2.01. The van der Waals surface area contributed by atoms with Gasteiger partial charge < -0.3 is 19.2 Å². The van der Waals surface area contributed by atoms with Crippen LogP contribution in [0.15, 0.2) is 34.7 Å². The van der Waals surface area contributed by atoms with E-state index in [1.54, 1.807) is 7.11 Å². The minimum atomic E-state index is 0.273. The molecule has 1 aromatic heterocycles. The second-order valence-corrected chi connectivity index (χ2v) is 3.86. The van der Waals surface area contributed by atoms with E-state index in [0.29, 0.717) is 24.9 Å². The summed E-state index contributed by atoms with van der Waals surface area (Å²) in [6, 6.07) is 9.51. The molecular formula is C13H17N3O3. The largest absolute Gasteiger partial charge is 0.484 e. The summed E-state index contributed by atoms with van der Waals surface area (Å²) in [5.41, 5.74) is 0. The fraction of sp³-hybridized carbons (Fsp3) is 0.385. The van der Waals surface area contributed by atoms with Gasteiger partial charge >= 0.3 is 0 Å². The molecule has 0 aliphatic heterocycles. The van der Waals surface area contributed by atoms with Crippen LogP contribution in [0.25, 0.3) is 0 Å². The van der Waals surface area contributed by atoms with Crippen LogP contribution in [-0.2, 0) is 17.9 Å². The number of para-hydroxylation sites is 1. The highest BCUT2D eigenvalue weighted by molar-refractivity contribution is 5.20. The monoisotopic (exact) mass is 263 g/mol. The summed E-state index contributed by atoms with van der Waals surface area (Å²) in [5, 5.41) is 11.0. The van der Waals surface area contributed by atoms with E-state index in [1.807, 2.05) is 30.3 Å². The van der Waals surface area contributed by atoms with Gasteiger partial charge in [-0.2, -0.15) is 0 Å². The summed E-state index contributed by atoms with van der Waals surface area (Å²) in [6.07, 6.45) is 0. The van der Waals surface area contributed by atoms with Gasteiger partial charge in [-0.25, -0.2) is 0 Å². The fourth-order valence-electron chi connectivity index (χ4n) is 1.45. The molecule has 2 aromatic rings. The molecule has 6 heteroatoms. The molecule has 0 aliphatic carbocycles. The van der Waals surface area contributed by atoms with Gasteiger partial charge in [0.2, 0.25) is 5.89 Å². The van der Waals surface area contributed by atoms with Crippen molar-refractivity contribution in [3.63, 3.8) is 0 Å². The maximum Gasteiger partial charge on any atom is 0.253 e.